The Kier molecular flexibility index (Phi) is 4.64. The summed E-state index contributed by atoms with van der Waals surface area (Å²) in [6.07, 6.45) is -1.88. The van der Waals surface area contributed by atoms with Gasteiger partial charge in [0.2, 0.25) is 5.91 Å². The number of rotatable bonds is 5. The zero-order chi connectivity index (χ0) is 14.0. The fourth-order valence-corrected chi connectivity index (χ4v) is 2.15. The standard InChI is InChI=1S/C12H20F3NO2/c1-9(2)16(8-12(13,14)15)10(17)7-11(18-3)5-4-6-11/h9H,4-8H2,1-3H3. The molecule has 1 aliphatic carbocycles. The van der Waals surface area contributed by atoms with Gasteiger partial charge in [-0.3, -0.25) is 4.79 Å². The Bertz CT molecular complexity index is 293. The number of halogens is 3. The summed E-state index contributed by atoms with van der Waals surface area (Å²) in [6, 6.07) is -0.465. The van der Waals surface area contributed by atoms with Crippen LogP contribution >= 0.6 is 0 Å². The minimum absolute atomic E-state index is 0.0394. The number of alkyl halides is 3. The molecule has 0 saturated heterocycles. The van der Waals surface area contributed by atoms with Gasteiger partial charge in [-0.25, -0.2) is 0 Å². The Morgan fingerprint density at radius 3 is 2.22 bits per heavy atom. The maximum Gasteiger partial charge on any atom is 0.406 e. The lowest BCUT2D eigenvalue weighted by atomic mass is 9.77. The Labute approximate surface area is 105 Å². The molecule has 1 saturated carbocycles. The molecule has 0 aromatic rings. The van der Waals surface area contributed by atoms with E-state index in [2.05, 4.69) is 0 Å². The number of ether oxygens (including phenoxy) is 1. The highest BCUT2D eigenvalue weighted by Crippen LogP contribution is 2.38. The minimum atomic E-state index is -4.36. The van der Waals surface area contributed by atoms with Crippen molar-refractivity contribution < 1.29 is 22.7 Å². The molecule has 0 heterocycles. The molecule has 0 radical (unpaired) electrons. The third kappa shape index (κ3) is 3.86. The molecule has 0 bridgehead atoms. The lowest BCUT2D eigenvalue weighted by molar-refractivity contribution is -0.170. The predicted octanol–water partition coefficient (Wildman–Crippen LogP) is 2.74. The first-order valence-corrected chi connectivity index (χ1v) is 6.10. The molecule has 3 nitrogen and oxygen atoms in total. The zero-order valence-corrected chi connectivity index (χ0v) is 11.0. The number of carbonyl (C=O) groups is 1. The summed E-state index contributed by atoms with van der Waals surface area (Å²) in [5.74, 6) is -0.483. The molecule has 106 valence electrons. The Morgan fingerprint density at radius 2 is 1.94 bits per heavy atom. The van der Waals surface area contributed by atoms with Crippen LogP contribution in [0.3, 0.4) is 0 Å². The molecular formula is C12H20F3NO2. The van der Waals surface area contributed by atoms with E-state index >= 15 is 0 Å². The first kappa shape index (κ1) is 15.3. The van der Waals surface area contributed by atoms with Crippen LogP contribution in [0.5, 0.6) is 0 Å². The first-order chi connectivity index (χ1) is 8.19. The lowest BCUT2D eigenvalue weighted by Crippen LogP contribution is -2.49. The van der Waals surface area contributed by atoms with E-state index in [1.54, 1.807) is 13.8 Å². The highest BCUT2D eigenvalue weighted by Gasteiger charge is 2.42. The van der Waals surface area contributed by atoms with E-state index in [1.807, 2.05) is 0 Å². The summed E-state index contributed by atoms with van der Waals surface area (Å²) < 4.78 is 42.5. The van der Waals surface area contributed by atoms with Gasteiger partial charge in [-0.2, -0.15) is 13.2 Å². The van der Waals surface area contributed by atoms with Gasteiger partial charge in [-0.1, -0.05) is 0 Å². The Morgan fingerprint density at radius 1 is 1.39 bits per heavy atom. The number of nitrogens with zero attached hydrogens (tertiary/aromatic N) is 1. The maximum absolute atomic E-state index is 12.4. The average Bonchev–Trinajstić information content (AvgIpc) is 2.18. The Hall–Kier alpha value is -0.780. The van der Waals surface area contributed by atoms with Crippen LogP contribution in [-0.2, 0) is 9.53 Å². The van der Waals surface area contributed by atoms with Crippen molar-refractivity contribution in [2.45, 2.75) is 57.3 Å². The molecule has 1 aliphatic rings. The second-order valence-corrected chi connectivity index (χ2v) is 5.15. The largest absolute Gasteiger partial charge is 0.406 e. The van der Waals surface area contributed by atoms with E-state index in [9.17, 15) is 18.0 Å². The molecule has 0 spiro atoms. The van der Waals surface area contributed by atoms with Crippen molar-refractivity contribution in [3.8, 4) is 0 Å². The third-order valence-corrected chi connectivity index (χ3v) is 3.46. The summed E-state index contributed by atoms with van der Waals surface area (Å²) in [5.41, 5.74) is -0.532. The summed E-state index contributed by atoms with van der Waals surface area (Å²) in [5, 5.41) is 0. The monoisotopic (exact) mass is 267 g/mol. The topological polar surface area (TPSA) is 29.5 Å². The SMILES string of the molecule is COC1(CC(=O)N(CC(F)(F)F)C(C)C)CCC1. The smallest absolute Gasteiger partial charge is 0.378 e. The van der Waals surface area contributed by atoms with Crippen LogP contribution in [-0.4, -0.2) is 42.3 Å². The van der Waals surface area contributed by atoms with Gasteiger partial charge in [0, 0.05) is 13.2 Å². The highest BCUT2D eigenvalue weighted by molar-refractivity contribution is 5.77. The average molecular weight is 267 g/mol. The predicted molar refractivity (Wildman–Crippen MR) is 61.1 cm³/mol. The number of hydrogen-bond acceptors (Lipinski definition) is 2. The Balaban J connectivity index is 2.65. The summed E-state index contributed by atoms with van der Waals surface area (Å²) in [4.78, 5) is 12.8. The third-order valence-electron chi connectivity index (χ3n) is 3.46. The normalized spacial score (nSPS) is 18.6. The molecule has 6 heteroatoms. The van der Waals surface area contributed by atoms with Crippen molar-refractivity contribution in [2.75, 3.05) is 13.7 Å². The first-order valence-electron chi connectivity index (χ1n) is 6.10. The molecule has 0 atom stereocenters. The van der Waals surface area contributed by atoms with Gasteiger partial charge in [0.1, 0.15) is 6.54 Å². The van der Waals surface area contributed by atoms with E-state index in [-0.39, 0.29) is 6.42 Å². The minimum Gasteiger partial charge on any atom is -0.378 e. The van der Waals surface area contributed by atoms with Crippen molar-refractivity contribution in [2.24, 2.45) is 0 Å². The van der Waals surface area contributed by atoms with Crippen molar-refractivity contribution in [3.63, 3.8) is 0 Å². The second-order valence-electron chi connectivity index (χ2n) is 5.15. The van der Waals surface area contributed by atoms with Crippen LogP contribution < -0.4 is 0 Å². The van der Waals surface area contributed by atoms with Crippen molar-refractivity contribution in [3.05, 3.63) is 0 Å². The molecule has 0 unspecified atom stereocenters. The lowest BCUT2D eigenvalue weighted by Gasteiger charge is -2.41. The van der Waals surface area contributed by atoms with Gasteiger partial charge in [-0.05, 0) is 33.1 Å². The molecule has 0 N–H and O–H groups in total. The van der Waals surface area contributed by atoms with Crippen LogP contribution in [0, 0.1) is 0 Å². The molecule has 0 aromatic heterocycles. The molecule has 1 rings (SSSR count). The molecular weight excluding hydrogens is 247 g/mol. The summed E-state index contributed by atoms with van der Waals surface area (Å²) >= 11 is 0. The van der Waals surface area contributed by atoms with Gasteiger partial charge < -0.3 is 9.64 Å². The van der Waals surface area contributed by atoms with Gasteiger partial charge in [0.05, 0.1) is 12.0 Å². The van der Waals surface area contributed by atoms with Crippen LogP contribution in [0.25, 0.3) is 0 Å². The van der Waals surface area contributed by atoms with E-state index in [0.29, 0.717) is 0 Å². The van der Waals surface area contributed by atoms with Gasteiger partial charge >= 0.3 is 6.18 Å². The van der Waals surface area contributed by atoms with Gasteiger partial charge in [0.25, 0.3) is 0 Å². The number of amides is 1. The summed E-state index contributed by atoms with van der Waals surface area (Å²) in [7, 11) is 1.51. The molecule has 0 aromatic carbocycles. The quantitative estimate of drug-likeness (QED) is 0.766. The molecule has 0 aliphatic heterocycles. The number of hydrogen-bond donors (Lipinski definition) is 0. The van der Waals surface area contributed by atoms with E-state index in [4.69, 9.17) is 4.74 Å². The van der Waals surface area contributed by atoms with E-state index in [1.165, 1.54) is 7.11 Å². The highest BCUT2D eigenvalue weighted by atomic mass is 19.4. The van der Waals surface area contributed by atoms with E-state index in [0.717, 1.165) is 24.2 Å². The van der Waals surface area contributed by atoms with Crippen molar-refractivity contribution >= 4 is 5.91 Å². The van der Waals surface area contributed by atoms with Crippen LogP contribution in [0.1, 0.15) is 39.5 Å². The second kappa shape index (κ2) is 5.47. The van der Waals surface area contributed by atoms with Crippen LogP contribution in [0.2, 0.25) is 0 Å². The van der Waals surface area contributed by atoms with Crippen LogP contribution in [0.15, 0.2) is 0 Å². The van der Waals surface area contributed by atoms with Crippen molar-refractivity contribution in [1.29, 1.82) is 0 Å². The number of methoxy groups -OCH3 is 1. The zero-order valence-electron chi connectivity index (χ0n) is 11.0. The van der Waals surface area contributed by atoms with Gasteiger partial charge in [-0.15, -0.1) is 0 Å². The van der Waals surface area contributed by atoms with Crippen molar-refractivity contribution in [1.82, 2.24) is 4.90 Å². The molecule has 18 heavy (non-hydrogen) atoms. The van der Waals surface area contributed by atoms with E-state index < -0.39 is 30.3 Å². The molecule has 1 amide bonds. The fourth-order valence-electron chi connectivity index (χ4n) is 2.15. The maximum atomic E-state index is 12.4. The van der Waals surface area contributed by atoms with Crippen LogP contribution in [0.4, 0.5) is 13.2 Å². The van der Waals surface area contributed by atoms with Gasteiger partial charge in [0.15, 0.2) is 0 Å². The summed E-state index contributed by atoms with van der Waals surface area (Å²) in [6.45, 7) is 1.98. The fraction of sp³-hybridized carbons (Fsp3) is 0.917. The number of carbonyl (C=O) groups excluding carboxylic acids is 1. The molecule has 1 fully saturated rings.